The number of hydrogen-bond acceptors (Lipinski definition) is 4. The van der Waals surface area contributed by atoms with Crippen molar-refractivity contribution in [3.63, 3.8) is 0 Å². The van der Waals surface area contributed by atoms with Crippen molar-refractivity contribution in [2.24, 2.45) is 0 Å². The van der Waals surface area contributed by atoms with Gasteiger partial charge in [0.2, 0.25) is 0 Å². The van der Waals surface area contributed by atoms with Gasteiger partial charge in [0.1, 0.15) is 5.82 Å². The summed E-state index contributed by atoms with van der Waals surface area (Å²) in [5, 5.41) is 4.16. The summed E-state index contributed by atoms with van der Waals surface area (Å²) < 4.78 is 0. The molecule has 0 saturated heterocycles. The van der Waals surface area contributed by atoms with Crippen molar-refractivity contribution >= 4 is 17.4 Å². The van der Waals surface area contributed by atoms with Crippen LogP contribution in [0.1, 0.15) is 30.6 Å². The molecule has 0 aliphatic rings. The largest absolute Gasteiger partial charge is 0.384 e. The lowest BCUT2D eigenvalue weighted by molar-refractivity contribution is 0.518. The van der Waals surface area contributed by atoms with E-state index in [0.717, 1.165) is 30.6 Å². The molecule has 2 aromatic rings. The van der Waals surface area contributed by atoms with Gasteiger partial charge in [-0.1, -0.05) is 18.5 Å². The second-order valence-electron chi connectivity index (χ2n) is 4.70. The first kappa shape index (κ1) is 14.8. The highest BCUT2D eigenvalue weighted by Gasteiger charge is 2.13. The molecule has 0 bridgehead atoms. The number of pyridine rings is 2. The minimum Gasteiger partial charge on any atom is -0.384 e. The summed E-state index contributed by atoms with van der Waals surface area (Å²) in [4.78, 5) is 8.43. The van der Waals surface area contributed by atoms with Crippen molar-refractivity contribution < 1.29 is 0 Å². The van der Waals surface area contributed by atoms with Crippen molar-refractivity contribution in [3.8, 4) is 0 Å². The van der Waals surface area contributed by atoms with E-state index in [1.807, 2.05) is 24.3 Å². The molecule has 2 heterocycles. The molecule has 3 N–H and O–H groups in total. The van der Waals surface area contributed by atoms with Crippen molar-refractivity contribution in [2.75, 3.05) is 12.3 Å². The third-order valence-electron chi connectivity index (χ3n) is 3.03. The van der Waals surface area contributed by atoms with Gasteiger partial charge in [0.25, 0.3) is 0 Å². The summed E-state index contributed by atoms with van der Waals surface area (Å²) in [5.41, 5.74) is 7.85. The van der Waals surface area contributed by atoms with E-state index in [4.69, 9.17) is 17.3 Å². The summed E-state index contributed by atoms with van der Waals surface area (Å²) in [7, 11) is 0. The van der Waals surface area contributed by atoms with E-state index in [-0.39, 0.29) is 6.04 Å². The molecule has 106 valence electrons. The van der Waals surface area contributed by atoms with Crippen LogP contribution in [0.25, 0.3) is 0 Å². The number of anilines is 1. The molecule has 2 aromatic heterocycles. The fourth-order valence-corrected chi connectivity index (χ4v) is 2.16. The standard InChI is InChI=1S/C15H19ClN4/c1-2-6-18-14(13-4-3-12(16)10-20-13)8-11-5-7-19-15(17)9-11/h3-5,7,9-10,14,18H,2,6,8H2,1H3,(H2,17,19). The number of hydrogen-bond donors (Lipinski definition) is 2. The molecule has 0 aliphatic carbocycles. The molecular formula is C15H19ClN4. The number of nitrogens with one attached hydrogen (secondary N) is 1. The van der Waals surface area contributed by atoms with Gasteiger partial charge in [-0.3, -0.25) is 4.98 Å². The van der Waals surface area contributed by atoms with Gasteiger partial charge in [-0.15, -0.1) is 0 Å². The van der Waals surface area contributed by atoms with Gasteiger partial charge in [-0.05, 0) is 49.2 Å². The smallest absolute Gasteiger partial charge is 0.123 e. The lowest BCUT2D eigenvalue weighted by Gasteiger charge is -2.18. The average molecular weight is 291 g/mol. The third kappa shape index (κ3) is 4.18. The molecule has 1 unspecified atom stereocenters. The van der Waals surface area contributed by atoms with Crippen LogP contribution in [0.3, 0.4) is 0 Å². The Labute approximate surface area is 124 Å². The fraction of sp³-hybridized carbons (Fsp3) is 0.333. The highest BCUT2D eigenvalue weighted by atomic mass is 35.5. The van der Waals surface area contributed by atoms with E-state index < -0.39 is 0 Å². The number of nitrogens with zero attached hydrogens (tertiary/aromatic N) is 2. The molecule has 0 amide bonds. The monoisotopic (exact) mass is 290 g/mol. The Morgan fingerprint density at radius 3 is 2.80 bits per heavy atom. The zero-order valence-electron chi connectivity index (χ0n) is 11.5. The Morgan fingerprint density at radius 2 is 2.15 bits per heavy atom. The number of halogens is 1. The molecule has 4 nitrogen and oxygen atoms in total. The number of aromatic nitrogens is 2. The average Bonchev–Trinajstić information content (AvgIpc) is 2.44. The molecule has 1 atom stereocenters. The van der Waals surface area contributed by atoms with Crippen LogP contribution in [-0.4, -0.2) is 16.5 Å². The zero-order valence-corrected chi connectivity index (χ0v) is 12.3. The second-order valence-corrected chi connectivity index (χ2v) is 5.14. The van der Waals surface area contributed by atoms with Crippen LogP contribution in [0.4, 0.5) is 5.82 Å². The van der Waals surface area contributed by atoms with Crippen LogP contribution in [-0.2, 0) is 6.42 Å². The van der Waals surface area contributed by atoms with Crippen LogP contribution < -0.4 is 11.1 Å². The second kappa shape index (κ2) is 7.22. The predicted molar refractivity (Wildman–Crippen MR) is 82.6 cm³/mol. The summed E-state index contributed by atoms with van der Waals surface area (Å²) in [6, 6.07) is 7.85. The molecule has 0 saturated carbocycles. The van der Waals surface area contributed by atoms with E-state index >= 15 is 0 Å². The van der Waals surface area contributed by atoms with Crippen LogP contribution in [0.5, 0.6) is 0 Å². The van der Waals surface area contributed by atoms with Crippen LogP contribution in [0.2, 0.25) is 5.02 Å². The molecule has 0 aliphatic heterocycles. The van der Waals surface area contributed by atoms with Crippen molar-refractivity contribution in [2.45, 2.75) is 25.8 Å². The van der Waals surface area contributed by atoms with E-state index in [1.165, 1.54) is 0 Å². The van der Waals surface area contributed by atoms with Gasteiger partial charge < -0.3 is 11.1 Å². The molecule has 0 radical (unpaired) electrons. The maximum atomic E-state index is 5.89. The maximum absolute atomic E-state index is 5.89. The van der Waals surface area contributed by atoms with Crippen LogP contribution >= 0.6 is 11.6 Å². The van der Waals surface area contributed by atoms with Crippen LogP contribution in [0.15, 0.2) is 36.7 Å². The summed E-state index contributed by atoms with van der Waals surface area (Å²) in [5.74, 6) is 0.542. The Balaban J connectivity index is 2.16. The fourth-order valence-electron chi connectivity index (χ4n) is 2.05. The topological polar surface area (TPSA) is 63.8 Å². The SMILES string of the molecule is CCCNC(Cc1ccnc(N)c1)c1ccc(Cl)cn1. The Hall–Kier alpha value is -1.65. The third-order valence-corrected chi connectivity index (χ3v) is 3.26. The van der Waals surface area contributed by atoms with E-state index in [2.05, 4.69) is 22.2 Å². The van der Waals surface area contributed by atoms with E-state index in [9.17, 15) is 0 Å². The Kier molecular flexibility index (Phi) is 5.32. The summed E-state index contributed by atoms with van der Waals surface area (Å²) in [6.45, 7) is 3.08. The minimum absolute atomic E-state index is 0.147. The predicted octanol–water partition coefficient (Wildman–Crippen LogP) is 3.00. The lowest BCUT2D eigenvalue weighted by Crippen LogP contribution is -2.25. The molecule has 0 fully saturated rings. The van der Waals surface area contributed by atoms with Gasteiger partial charge in [-0.25, -0.2) is 4.98 Å². The molecule has 5 heteroatoms. The molecule has 20 heavy (non-hydrogen) atoms. The van der Waals surface area contributed by atoms with Gasteiger partial charge in [0.05, 0.1) is 16.8 Å². The van der Waals surface area contributed by atoms with Gasteiger partial charge in [-0.2, -0.15) is 0 Å². The number of nitrogens with two attached hydrogens (primary N) is 1. The molecular weight excluding hydrogens is 272 g/mol. The maximum Gasteiger partial charge on any atom is 0.123 e. The summed E-state index contributed by atoms with van der Waals surface area (Å²) in [6.07, 6.45) is 5.30. The molecule has 0 aromatic carbocycles. The quantitative estimate of drug-likeness (QED) is 0.858. The first-order valence-corrected chi connectivity index (χ1v) is 7.12. The van der Waals surface area contributed by atoms with Crippen molar-refractivity contribution in [1.29, 1.82) is 0 Å². The minimum atomic E-state index is 0.147. The highest BCUT2D eigenvalue weighted by Crippen LogP contribution is 2.19. The number of nitrogen functional groups attached to an aromatic ring is 1. The zero-order chi connectivity index (χ0) is 14.4. The van der Waals surface area contributed by atoms with Gasteiger partial charge >= 0.3 is 0 Å². The number of rotatable bonds is 6. The molecule has 2 rings (SSSR count). The highest BCUT2D eigenvalue weighted by molar-refractivity contribution is 6.30. The first-order chi connectivity index (χ1) is 9.69. The first-order valence-electron chi connectivity index (χ1n) is 6.74. The molecule has 0 spiro atoms. The lowest BCUT2D eigenvalue weighted by atomic mass is 10.0. The van der Waals surface area contributed by atoms with Gasteiger partial charge in [0, 0.05) is 12.4 Å². The Bertz CT molecular complexity index is 542. The summed E-state index contributed by atoms with van der Waals surface area (Å²) >= 11 is 5.89. The van der Waals surface area contributed by atoms with E-state index in [0.29, 0.717) is 10.8 Å². The van der Waals surface area contributed by atoms with Crippen molar-refractivity contribution in [3.05, 3.63) is 52.9 Å². The van der Waals surface area contributed by atoms with E-state index in [1.54, 1.807) is 12.4 Å². The van der Waals surface area contributed by atoms with Crippen LogP contribution in [0, 0.1) is 0 Å². The normalized spacial score (nSPS) is 12.3. The van der Waals surface area contributed by atoms with Gasteiger partial charge in [0.15, 0.2) is 0 Å². The Morgan fingerprint density at radius 1 is 1.30 bits per heavy atom. The van der Waals surface area contributed by atoms with Crippen molar-refractivity contribution in [1.82, 2.24) is 15.3 Å².